The molecule has 1 aromatic heterocycles. The number of alkyl halides is 9. The largest absolute Gasteiger partial charge is 0.417 e. The third-order valence-corrected chi connectivity index (χ3v) is 7.62. The lowest BCUT2D eigenvalue weighted by molar-refractivity contribution is -0.159. The number of amides is 2. The van der Waals surface area contributed by atoms with Crippen molar-refractivity contribution in [2.45, 2.75) is 50.1 Å². The Morgan fingerprint density at radius 2 is 1.25 bits per heavy atom. The number of hydrogen-bond acceptors (Lipinski definition) is 6. The molecular weight excluding hydrogens is 701 g/mol. The third-order valence-electron chi connectivity index (χ3n) is 7.62. The fourth-order valence-corrected chi connectivity index (χ4v) is 4.82. The van der Waals surface area contributed by atoms with Crippen LogP contribution in [0.15, 0.2) is 66.9 Å². The number of benzene rings is 3. The fraction of sp³-hybridized carbons (Fsp3) is 0.273. The van der Waals surface area contributed by atoms with Crippen LogP contribution >= 0.6 is 0 Å². The number of aromatic nitrogens is 1. The molecule has 9 nitrogen and oxygen atoms in total. The number of carbonyl (C=O) groups is 2. The summed E-state index contributed by atoms with van der Waals surface area (Å²) in [5, 5.41) is 33.4. The first-order chi connectivity index (χ1) is 23.5. The van der Waals surface area contributed by atoms with Crippen molar-refractivity contribution in [2.24, 2.45) is 0 Å². The molecule has 2 atom stereocenters. The van der Waals surface area contributed by atoms with Crippen molar-refractivity contribution < 1.29 is 58.9 Å². The number of anilines is 2. The van der Waals surface area contributed by atoms with Crippen LogP contribution in [-0.4, -0.2) is 39.3 Å². The lowest BCUT2D eigenvalue weighted by Gasteiger charge is -2.33. The Kier molecular flexibility index (Phi) is 10.2. The Bertz CT molecular complexity index is 2070. The van der Waals surface area contributed by atoms with Crippen molar-refractivity contribution in [1.82, 2.24) is 4.57 Å². The molecule has 0 aliphatic rings. The van der Waals surface area contributed by atoms with E-state index in [-0.39, 0.29) is 10.9 Å². The van der Waals surface area contributed by atoms with Crippen molar-refractivity contribution in [1.29, 1.82) is 10.5 Å². The van der Waals surface area contributed by atoms with Crippen molar-refractivity contribution in [3.8, 4) is 12.1 Å². The Balaban J connectivity index is 1.66. The summed E-state index contributed by atoms with van der Waals surface area (Å²) in [6.45, 7) is 0.383. The van der Waals surface area contributed by atoms with Crippen LogP contribution in [0.1, 0.15) is 41.7 Å². The van der Waals surface area contributed by atoms with E-state index in [0.717, 1.165) is 56.3 Å². The summed E-state index contributed by atoms with van der Waals surface area (Å²) in [4.78, 5) is 26.7. The molecule has 0 aliphatic heterocycles. The van der Waals surface area contributed by atoms with E-state index in [1.165, 1.54) is 29.0 Å². The molecule has 268 valence electrons. The summed E-state index contributed by atoms with van der Waals surface area (Å²) < 4.78 is 128. The lowest BCUT2D eigenvalue weighted by Crippen LogP contribution is -2.52. The van der Waals surface area contributed by atoms with Gasteiger partial charge in [-0.3, -0.25) is 9.59 Å². The summed E-state index contributed by atoms with van der Waals surface area (Å²) in [7, 11) is 0. The van der Waals surface area contributed by atoms with Crippen LogP contribution in [0, 0.1) is 22.7 Å². The SMILES string of the molecule is C[C@](O)(CO[C@@](C)(Cn1ccc2cc(C(F)(F)F)ccc21)C(=O)Nc1ccc(C#N)c(C(F)(F)F)c1)C(=O)Nc1ccc(C#N)c(C(F)(F)F)c1. The number of rotatable bonds is 9. The third kappa shape index (κ3) is 8.59. The van der Waals surface area contributed by atoms with Gasteiger partial charge in [0.2, 0.25) is 0 Å². The van der Waals surface area contributed by atoms with Gasteiger partial charge in [0.25, 0.3) is 11.8 Å². The molecule has 4 aromatic rings. The highest BCUT2D eigenvalue weighted by atomic mass is 19.4. The standard InChI is InChI=1S/C33H24F9N5O4/c1-29(50,27(48)45-22-6-3-19(14-43)24(12-22)32(37,38)39)17-51-30(2,16-47-10-9-18-11-21(31(34,35)36)5-8-26(18)47)28(49)46-23-7-4-20(15-44)25(13-23)33(40,41)42/h3-13,50H,16-17H2,1-2H3,(H,45,48)(H,46,49)/t29-,30-/m0/s1. The van der Waals surface area contributed by atoms with Crippen molar-refractivity contribution >= 4 is 34.1 Å². The molecule has 1 heterocycles. The first kappa shape index (κ1) is 38.2. The van der Waals surface area contributed by atoms with E-state index in [0.29, 0.717) is 12.1 Å². The predicted octanol–water partition coefficient (Wildman–Crippen LogP) is 7.24. The maximum absolute atomic E-state index is 13.7. The zero-order chi connectivity index (χ0) is 38.2. The maximum atomic E-state index is 13.7. The van der Waals surface area contributed by atoms with E-state index in [2.05, 4.69) is 10.6 Å². The first-order valence-corrected chi connectivity index (χ1v) is 14.4. The number of fused-ring (bicyclic) bond motifs is 1. The van der Waals surface area contributed by atoms with Gasteiger partial charge >= 0.3 is 18.5 Å². The van der Waals surface area contributed by atoms with Crippen LogP contribution in [0.25, 0.3) is 10.9 Å². The number of nitrogens with zero attached hydrogens (tertiary/aromatic N) is 3. The van der Waals surface area contributed by atoms with E-state index in [9.17, 15) is 54.2 Å². The summed E-state index contributed by atoms with van der Waals surface area (Å²) >= 11 is 0. The zero-order valence-corrected chi connectivity index (χ0v) is 26.2. The summed E-state index contributed by atoms with van der Waals surface area (Å²) in [5.74, 6) is -2.48. The van der Waals surface area contributed by atoms with E-state index in [1.54, 1.807) is 0 Å². The normalized spacial score (nSPS) is 14.5. The van der Waals surface area contributed by atoms with Gasteiger partial charge in [-0.1, -0.05) is 0 Å². The maximum Gasteiger partial charge on any atom is 0.417 e. The number of ether oxygens (including phenoxy) is 1. The predicted molar refractivity (Wildman–Crippen MR) is 161 cm³/mol. The van der Waals surface area contributed by atoms with Crippen LogP contribution in [0.2, 0.25) is 0 Å². The van der Waals surface area contributed by atoms with Gasteiger partial charge in [-0.05, 0) is 74.5 Å². The number of nitrogens with one attached hydrogen (secondary N) is 2. The topological polar surface area (TPSA) is 140 Å². The van der Waals surface area contributed by atoms with Gasteiger partial charge in [0.05, 0.1) is 53.1 Å². The minimum atomic E-state index is -4.99. The summed E-state index contributed by atoms with van der Waals surface area (Å²) in [6.07, 6.45) is -13.4. The molecule has 0 bridgehead atoms. The molecule has 0 unspecified atom stereocenters. The van der Waals surface area contributed by atoms with E-state index in [1.807, 2.05) is 0 Å². The highest BCUT2D eigenvalue weighted by Gasteiger charge is 2.42. The highest BCUT2D eigenvalue weighted by molar-refractivity contribution is 5.98. The minimum Gasteiger partial charge on any atom is -0.378 e. The van der Waals surface area contributed by atoms with E-state index in [4.69, 9.17) is 15.3 Å². The van der Waals surface area contributed by atoms with Crippen LogP contribution < -0.4 is 10.6 Å². The molecule has 18 heteroatoms. The molecule has 0 aliphatic carbocycles. The molecule has 0 spiro atoms. The quantitative estimate of drug-likeness (QED) is 0.156. The molecule has 3 N–H and O–H groups in total. The minimum absolute atomic E-state index is 0.0847. The summed E-state index contributed by atoms with van der Waals surface area (Å²) in [5.41, 5.74) is -10.8. The first-order valence-electron chi connectivity index (χ1n) is 14.4. The summed E-state index contributed by atoms with van der Waals surface area (Å²) in [6, 6.07) is 11.2. The molecule has 51 heavy (non-hydrogen) atoms. The second-order valence-electron chi connectivity index (χ2n) is 11.7. The van der Waals surface area contributed by atoms with Gasteiger partial charge in [0.1, 0.15) is 0 Å². The van der Waals surface area contributed by atoms with Crippen LogP contribution in [0.4, 0.5) is 50.9 Å². The van der Waals surface area contributed by atoms with Gasteiger partial charge in [0.15, 0.2) is 11.2 Å². The molecule has 2 amide bonds. The Labute approximate surface area is 282 Å². The number of halogens is 9. The van der Waals surface area contributed by atoms with Gasteiger partial charge in [-0.15, -0.1) is 0 Å². The van der Waals surface area contributed by atoms with Crippen molar-refractivity contribution in [3.63, 3.8) is 0 Å². The van der Waals surface area contributed by atoms with Gasteiger partial charge in [-0.2, -0.15) is 50.0 Å². The van der Waals surface area contributed by atoms with Gasteiger partial charge < -0.3 is 25.0 Å². The monoisotopic (exact) mass is 725 g/mol. The highest BCUT2D eigenvalue weighted by Crippen LogP contribution is 2.36. The molecule has 0 saturated carbocycles. The van der Waals surface area contributed by atoms with Crippen molar-refractivity contribution in [3.05, 3.63) is 94.7 Å². The Hall–Kier alpha value is -5.59. The molecule has 3 aromatic carbocycles. The van der Waals surface area contributed by atoms with Crippen molar-refractivity contribution in [2.75, 3.05) is 17.2 Å². The molecule has 4 rings (SSSR count). The molecule has 0 radical (unpaired) electrons. The van der Waals surface area contributed by atoms with Gasteiger partial charge in [-0.25, -0.2) is 0 Å². The van der Waals surface area contributed by atoms with Crippen LogP contribution in [-0.2, 0) is 39.4 Å². The van der Waals surface area contributed by atoms with Gasteiger partial charge in [0, 0.05) is 28.5 Å². The second kappa shape index (κ2) is 13.6. The zero-order valence-electron chi connectivity index (χ0n) is 26.2. The molecular formula is C33H24F9N5O4. The number of carbonyl (C=O) groups excluding carboxylic acids is 2. The number of hydrogen-bond donors (Lipinski definition) is 3. The number of aliphatic hydroxyl groups is 1. The fourth-order valence-electron chi connectivity index (χ4n) is 4.82. The second-order valence-corrected chi connectivity index (χ2v) is 11.7. The lowest BCUT2D eigenvalue weighted by atomic mass is 10.0. The smallest absolute Gasteiger partial charge is 0.378 e. The Morgan fingerprint density at radius 3 is 1.73 bits per heavy atom. The number of nitriles is 2. The Morgan fingerprint density at radius 1 is 0.745 bits per heavy atom. The molecule has 0 fully saturated rings. The van der Waals surface area contributed by atoms with E-state index < -0.39 is 93.9 Å². The van der Waals surface area contributed by atoms with E-state index >= 15 is 0 Å². The molecule has 0 saturated heterocycles. The average Bonchev–Trinajstić information content (AvgIpc) is 3.44. The van der Waals surface area contributed by atoms with Crippen LogP contribution in [0.3, 0.4) is 0 Å². The van der Waals surface area contributed by atoms with Crippen LogP contribution in [0.5, 0.6) is 0 Å². The average molecular weight is 726 g/mol.